The fraction of sp³-hybridized carbons (Fsp3) is 0. The van der Waals surface area contributed by atoms with Gasteiger partial charge >= 0.3 is 0 Å². The molecule has 0 atom stereocenters. The number of aromatic nitrogens is 2. The Hall–Kier alpha value is -8.60. The zero-order valence-electron chi connectivity index (χ0n) is 34.9. The first kappa shape index (κ1) is 36.1. The molecule has 0 N–H and O–H groups in total. The molecule has 13 rings (SSSR count). The highest BCUT2D eigenvalue weighted by Gasteiger charge is 2.25. The minimum atomic E-state index is 1.04. The number of para-hydroxylation sites is 5. The molecule has 4 heteroatoms. The van der Waals surface area contributed by atoms with Crippen LogP contribution in [0.2, 0.25) is 0 Å². The summed E-state index contributed by atoms with van der Waals surface area (Å²) in [7, 11) is 0. The average molecular weight is 817 g/mol. The molecular formula is C60H40N4. The van der Waals surface area contributed by atoms with Crippen molar-refractivity contribution in [1.29, 1.82) is 0 Å². The second-order valence-corrected chi connectivity index (χ2v) is 16.6. The van der Waals surface area contributed by atoms with Crippen LogP contribution in [0.15, 0.2) is 243 Å². The van der Waals surface area contributed by atoms with Crippen LogP contribution in [0.1, 0.15) is 0 Å². The molecule has 64 heavy (non-hydrogen) atoms. The fourth-order valence-corrected chi connectivity index (χ4v) is 10.3. The standard InChI is InChI=1S/C60H40N4/c1-5-19-41(20-6-1)42-21-15-28-46(37-42)62(45-26-11-4-12-27-45)48-38-47(61(43-22-7-2-8-23-43)44-24-9-3-10-25-44)39-49(40-48)63-55-34-17-30-51-53-32-16-31-52-50-29-13-14-33-54(50)64(60(52)53)57-36-18-35-56(63)59(57)58(51)55/h1-40H. The van der Waals surface area contributed by atoms with Gasteiger partial charge < -0.3 is 18.8 Å². The predicted octanol–water partition coefficient (Wildman–Crippen LogP) is 16.5. The van der Waals surface area contributed by atoms with E-state index in [1.165, 1.54) is 59.9 Å². The quantitative estimate of drug-likeness (QED) is 0.152. The molecule has 0 spiro atoms. The summed E-state index contributed by atoms with van der Waals surface area (Å²) in [4.78, 5) is 4.78. The summed E-state index contributed by atoms with van der Waals surface area (Å²) in [6.07, 6.45) is 0. The molecule has 0 aliphatic carbocycles. The fourth-order valence-electron chi connectivity index (χ4n) is 10.3. The van der Waals surface area contributed by atoms with Crippen LogP contribution < -0.4 is 9.80 Å². The highest BCUT2D eigenvalue weighted by molar-refractivity contribution is 6.31. The van der Waals surface area contributed by atoms with Crippen LogP contribution in [-0.4, -0.2) is 8.97 Å². The van der Waals surface area contributed by atoms with E-state index in [-0.39, 0.29) is 0 Å². The molecule has 0 bridgehead atoms. The number of nitrogens with zero attached hydrogens (tertiary/aromatic N) is 4. The van der Waals surface area contributed by atoms with E-state index in [2.05, 4.69) is 261 Å². The monoisotopic (exact) mass is 816 g/mol. The number of hydrogen-bond donors (Lipinski definition) is 0. The van der Waals surface area contributed by atoms with E-state index in [0.717, 1.165) is 50.9 Å². The van der Waals surface area contributed by atoms with Crippen molar-refractivity contribution < 1.29 is 0 Å². The second kappa shape index (κ2) is 14.5. The summed E-state index contributed by atoms with van der Waals surface area (Å²) in [5, 5.41) is 7.55. The number of anilines is 6. The summed E-state index contributed by atoms with van der Waals surface area (Å²) in [6.45, 7) is 0. The second-order valence-electron chi connectivity index (χ2n) is 16.6. The minimum absolute atomic E-state index is 1.04. The van der Waals surface area contributed by atoms with E-state index in [1.807, 2.05) is 0 Å². The molecule has 4 nitrogen and oxygen atoms in total. The summed E-state index contributed by atoms with van der Waals surface area (Å²) >= 11 is 0. The van der Waals surface area contributed by atoms with Crippen LogP contribution in [0, 0.1) is 0 Å². The molecule has 3 heterocycles. The molecular weight excluding hydrogens is 777 g/mol. The number of benzene rings is 10. The third-order valence-corrected chi connectivity index (χ3v) is 12.9. The van der Waals surface area contributed by atoms with Crippen molar-refractivity contribution in [3.8, 4) is 16.8 Å². The van der Waals surface area contributed by atoms with Crippen molar-refractivity contribution in [2.24, 2.45) is 0 Å². The van der Waals surface area contributed by atoms with Crippen molar-refractivity contribution in [3.63, 3.8) is 0 Å². The van der Waals surface area contributed by atoms with Gasteiger partial charge in [-0.2, -0.15) is 0 Å². The molecule has 13 aromatic rings. The topological polar surface area (TPSA) is 15.8 Å². The van der Waals surface area contributed by atoms with Crippen LogP contribution in [0.3, 0.4) is 0 Å². The van der Waals surface area contributed by atoms with Gasteiger partial charge in [0.1, 0.15) is 0 Å². The molecule has 0 radical (unpaired) electrons. The molecule has 0 aliphatic heterocycles. The van der Waals surface area contributed by atoms with Gasteiger partial charge in [-0.25, -0.2) is 0 Å². The van der Waals surface area contributed by atoms with Crippen molar-refractivity contribution >= 4 is 94.0 Å². The van der Waals surface area contributed by atoms with Crippen molar-refractivity contribution in [2.45, 2.75) is 0 Å². The van der Waals surface area contributed by atoms with Gasteiger partial charge in [-0.1, -0.05) is 152 Å². The average Bonchev–Trinajstić information content (AvgIpc) is 3.85. The van der Waals surface area contributed by atoms with Gasteiger partial charge in [-0.05, 0) is 108 Å². The lowest BCUT2D eigenvalue weighted by Crippen LogP contribution is -2.14. The van der Waals surface area contributed by atoms with E-state index in [1.54, 1.807) is 0 Å². The highest BCUT2D eigenvalue weighted by Crippen LogP contribution is 2.47. The molecule has 0 amide bonds. The van der Waals surface area contributed by atoms with E-state index in [4.69, 9.17) is 0 Å². The van der Waals surface area contributed by atoms with Crippen LogP contribution >= 0.6 is 0 Å². The summed E-state index contributed by atoms with van der Waals surface area (Å²) in [5.74, 6) is 0. The van der Waals surface area contributed by atoms with Crippen molar-refractivity contribution in [1.82, 2.24) is 8.97 Å². The summed E-state index contributed by atoms with van der Waals surface area (Å²) in [5.41, 5.74) is 15.8. The zero-order chi connectivity index (χ0) is 42.1. The van der Waals surface area contributed by atoms with Gasteiger partial charge in [0.15, 0.2) is 0 Å². The third kappa shape index (κ3) is 5.56. The Morgan fingerprint density at radius 3 is 1.38 bits per heavy atom. The van der Waals surface area contributed by atoms with Gasteiger partial charge in [-0.3, -0.25) is 0 Å². The Balaban J connectivity index is 1.15. The Kier molecular flexibility index (Phi) is 8.18. The van der Waals surface area contributed by atoms with E-state index < -0.39 is 0 Å². The number of fused-ring (bicyclic) bond motifs is 5. The van der Waals surface area contributed by atoms with Crippen LogP contribution in [0.25, 0.3) is 76.7 Å². The lowest BCUT2D eigenvalue weighted by Gasteiger charge is -2.30. The molecule has 300 valence electrons. The van der Waals surface area contributed by atoms with E-state index >= 15 is 0 Å². The first-order valence-electron chi connectivity index (χ1n) is 21.9. The minimum Gasteiger partial charge on any atom is -0.310 e. The van der Waals surface area contributed by atoms with Crippen LogP contribution in [0.5, 0.6) is 0 Å². The lowest BCUT2D eigenvalue weighted by molar-refractivity contribution is 1.16. The Labute approximate surface area is 370 Å². The van der Waals surface area contributed by atoms with Gasteiger partial charge in [-0.15, -0.1) is 0 Å². The van der Waals surface area contributed by atoms with Gasteiger partial charge in [0.2, 0.25) is 0 Å². The van der Waals surface area contributed by atoms with E-state index in [9.17, 15) is 0 Å². The number of rotatable bonds is 8. The third-order valence-electron chi connectivity index (χ3n) is 12.9. The Morgan fingerprint density at radius 1 is 0.266 bits per heavy atom. The van der Waals surface area contributed by atoms with Gasteiger partial charge in [0.05, 0.1) is 44.6 Å². The Bertz CT molecular complexity index is 3790. The first-order valence-corrected chi connectivity index (χ1v) is 21.9. The van der Waals surface area contributed by atoms with Crippen LogP contribution in [-0.2, 0) is 0 Å². The molecule has 0 unspecified atom stereocenters. The zero-order valence-corrected chi connectivity index (χ0v) is 34.9. The van der Waals surface area contributed by atoms with Crippen molar-refractivity contribution in [2.75, 3.05) is 9.80 Å². The molecule has 0 fully saturated rings. The summed E-state index contributed by atoms with van der Waals surface area (Å²) < 4.78 is 5.01. The maximum atomic E-state index is 2.51. The summed E-state index contributed by atoms with van der Waals surface area (Å²) in [6, 6.07) is 88.2. The first-order chi connectivity index (χ1) is 31.8. The number of hydrogen-bond acceptors (Lipinski definition) is 2. The SMILES string of the molecule is c1ccc(-c2cccc(N(c3ccccc3)c3cc(N(c4ccccc4)c4ccccc4)cc(-n4c5cccc6c7cccc8c9ccccc9n(c9cccc4c9c65)c78)c3)c2)cc1. The molecule has 0 saturated heterocycles. The smallest absolute Gasteiger partial charge is 0.0619 e. The largest absolute Gasteiger partial charge is 0.310 e. The van der Waals surface area contributed by atoms with Crippen LogP contribution in [0.4, 0.5) is 34.1 Å². The van der Waals surface area contributed by atoms with Gasteiger partial charge in [0.25, 0.3) is 0 Å². The molecule has 0 aliphatic rings. The van der Waals surface area contributed by atoms with E-state index in [0.29, 0.717) is 0 Å². The lowest BCUT2D eigenvalue weighted by atomic mass is 10.0. The molecule has 10 aromatic carbocycles. The highest BCUT2D eigenvalue weighted by atomic mass is 15.2. The maximum absolute atomic E-state index is 2.51. The van der Waals surface area contributed by atoms with Gasteiger partial charge in [0, 0.05) is 49.7 Å². The maximum Gasteiger partial charge on any atom is 0.0619 e. The normalized spacial score (nSPS) is 11.8. The predicted molar refractivity (Wildman–Crippen MR) is 270 cm³/mol. The Morgan fingerprint density at radius 2 is 0.703 bits per heavy atom. The molecule has 3 aromatic heterocycles. The van der Waals surface area contributed by atoms with Crippen molar-refractivity contribution in [3.05, 3.63) is 243 Å². The molecule has 0 saturated carbocycles.